The van der Waals surface area contributed by atoms with Crippen LogP contribution < -0.4 is 5.32 Å². The summed E-state index contributed by atoms with van der Waals surface area (Å²) >= 11 is 1.52. The van der Waals surface area contributed by atoms with Crippen molar-refractivity contribution in [1.82, 2.24) is 9.97 Å². The number of aryl methyl sites for hydroxylation is 2. The molecule has 3 rings (SSSR count). The zero-order valence-corrected chi connectivity index (χ0v) is 12.0. The van der Waals surface area contributed by atoms with Crippen LogP contribution in [0.3, 0.4) is 0 Å². The number of fused-ring (bicyclic) bond motifs is 1. The van der Waals surface area contributed by atoms with Crippen LogP contribution >= 0.6 is 11.3 Å². The first-order valence-corrected chi connectivity index (χ1v) is 6.99. The third kappa shape index (κ3) is 2.46. The highest BCUT2D eigenvalue weighted by molar-refractivity contribution is 7.22. The highest BCUT2D eigenvalue weighted by Crippen LogP contribution is 2.28. The summed E-state index contributed by atoms with van der Waals surface area (Å²) in [7, 11) is 0. The average molecular weight is 280 g/mol. The van der Waals surface area contributed by atoms with Crippen LogP contribution in [0.4, 0.5) is 10.9 Å². The fraction of sp³-hybridized carbons (Fsp3) is 0.133. The summed E-state index contributed by atoms with van der Waals surface area (Å²) in [5, 5.41) is 12.9. The third-order valence-corrected chi connectivity index (χ3v) is 3.78. The van der Waals surface area contributed by atoms with Gasteiger partial charge < -0.3 is 5.32 Å². The Hall–Kier alpha value is -2.45. The van der Waals surface area contributed by atoms with E-state index in [0.29, 0.717) is 5.56 Å². The molecule has 1 aromatic carbocycles. The molecule has 0 radical (unpaired) electrons. The molecule has 2 aromatic heterocycles. The number of rotatable bonds is 2. The maximum Gasteiger partial charge on any atom is 0.189 e. The maximum atomic E-state index is 8.91. The summed E-state index contributed by atoms with van der Waals surface area (Å²) in [6.45, 7) is 4.01. The molecule has 0 amide bonds. The lowest BCUT2D eigenvalue weighted by Gasteiger charge is -2.03. The molecule has 0 saturated heterocycles. The molecular weight excluding hydrogens is 268 g/mol. The van der Waals surface area contributed by atoms with Gasteiger partial charge in [0.05, 0.1) is 21.8 Å². The van der Waals surface area contributed by atoms with Gasteiger partial charge in [0, 0.05) is 5.69 Å². The van der Waals surface area contributed by atoms with E-state index in [9.17, 15) is 0 Å². The lowest BCUT2D eigenvalue weighted by atomic mass is 10.2. The normalized spacial score (nSPS) is 10.4. The first kappa shape index (κ1) is 12.6. The van der Waals surface area contributed by atoms with Gasteiger partial charge in [0.1, 0.15) is 5.82 Å². The van der Waals surface area contributed by atoms with Gasteiger partial charge in [-0.3, -0.25) is 0 Å². The van der Waals surface area contributed by atoms with Crippen molar-refractivity contribution in [2.45, 2.75) is 13.8 Å². The second-order valence-corrected chi connectivity index (χ2v) is 5.64. The molecule has 0 spiro atoms. The summed E-state index contributed by atoms with van der Waals surface area (Å²) in [6, 6.07) is 11.7. The topological polar surface area (TPSA) is 61.6 Å². The molecule has 3 aromatic rings. The van der Waals surface area contributed by atoms with Crippen LogP contribution in [0.2, 0.25) is 0 Å². The van der Waals surface area contributed by atoms with E-state index in [2.05, 4.69) is 21.4 Å². The third-order valence-electron chi connectivity index (χ3n) is 2.85. The van der Waals surface area contributed by atoms with E-state index in [1.165, 1.54) is 11.3 Å². The number of anilines is 2. The van der Waals surface area contributed by atoms with Crippen LogP contribution in [0.25, 0.3) is 10.2 Å². The molecule has 0 fully saturated rings. The molecule has 98 valence electrons. The molecule has 4 nitrogen and oxygen atoms in total. The van der Waals surface area contributed by atoms with Gasteiger partial charge >= 0.3 is 0 Å². The van der Waals surface area contributed by atoms with Crippen LogP contribution in [-0.2, 0) is 0 Å². The number of benzene rings is 1. The highest BCUT2D eigenvalue weighted by Gasteiger charge is 2.06. The Labute approximate surface area is 120 Å². The number of pyridine rings is 1. The fourth-order valence-electron chi connectivity index (χ4n) is 2.06. The van der Waals surface area contributed by atoms with Gasteiger partial charge in [-0.25, -0.2) is 9.97 Å². The fourth-order valence-corrected chi connectivity index (χ4v) is 2.97. The second-order valence-electron chi connectivity index (χ2n) is 4.61. The largest absolute Gasteiger partial charge is 0.316 e. The van der Waals surface area contributed by atoms with Gasteiger partial charge in [0.2, 0.25) is 0 Å². The molecule has 1 N–H and O–H groups in total. The zero-order chi connectivity index (χ0) is 14.1. The van der Waals surface area contributed by atoms with E-state index in [1.54, 1.807) is 6.07 Å². The Balaban J connectivity index is 1.96. The molecule has 5 heteroatoms. The van der Waals surface area contributed by atoms with Crippen LogP contribution in [0.15, 0.2) is 30.3 Å². The van der Waals surface area contributed by atoms with E-state index < -0.39 is 0 Å². The monoisotopic (exact) mass is 280 g/mol. The molecular formula is C15H12N4S. The summed E-state index contributed by atoms with van der Waals surface area (Å²) in [6.07, 6.45) is 0. The van der Waals surface area contributed by atoms with Crippen molar-refractivity contribution >= 4 is 32.5 Å². The molecule has 0 aliphatic carbocycles. The summed E-state index contributed by atoms with van der Waals surface area (Å²) in [5.41, 5.74) is 3.67. The Kier molecular flexibility index (Phi) is 3.09. The van der Waals surface area contributed by atoms with Crippen molar-refractivity contribution in [2.24, 2.45) is 0 Å². The van der Waals surface area contributed by atoms with E-state index in [1.807, 2.05) is 38.1 Å². The predicted octanol–water partition coefficient (Wildman–Crippen LogP) is 3.92. The molecule has 0 bridgehead atoms. The quantitative estimate of drug-likeness (QED) is 0.772. The molecule has 2 heterocycles. The first-order chi connectivity index (χ1) is 9.64. The number of aromatic nitrogens is 2. The Morgan fingerprint density at radius 2 is 2.00 bits per heavy atom. The van der Waals surface area contributed by atoms with Gasteiger partial charge in [0.15, 0.2) is 5.13 Å². The van der Waals surface area contributed by atoms with E-state index in [-0.39, 0.29) is 0 Å². The van der Waals surface area contributed by atoms with Crippen molar-refractivity contribution in [3.05, 3.63) is 47.2 Å². The number of thiazole rings is 1. The summed E-state index contributed by atoms with van der Waals surface area (Å²) in [4.78, 5) is 8.94. The minimum atomic E-state index is 0.650. The van der Waals surface area contributed by atoms with Crippen molar-refractivity contribution in [3.63, 3.8) is 0 Å². The average Bonchev–Trinajstić information content (AvgIpc) is 2.78. The minimum Gasteiger partial charge on any atom is -0.316 e. The Morgan fingerprint density at radius 1 is 1.15 bits per heavy atom. The number of hydrogen-bond acceptors (Lipinski definition) is 5. The molecule has 0 atom stereocenters. The van der Waals surface area contributed by atoms with Gasteiger partial charge in [-0.2, -0.15) is 5.26 Å². The van der Waals surface area contributed by atoms with Crippen LogP contribution in [0, 0.1) is 25.2 Å². The van der Waals surface area contributed by atoms with Gasteiger partial charge in [-0.1, -0.05) is 11.3 Å². The SMILES string of the molecule is Cc1cc(C)nc(Nc2nc3ccc(C#N)cc3s2)c1. The lowest BCUT2D eigenvalue weighted by molar-refractivity contribution is 1.17. The number of hydrogen-bond donors (Lipinski definition) is 1. The molecule has 0 unspecified atom stereocenters. The van der Waals surface area contributed by atoms with Gasteiger partial charge in [-0.15, -0.1) is 0 Å². The van der Waals surface area contributed by atoms with E-state index >= 15 is 0 Å². The smallest absolute Gasteiger partial charge is 0.189 e. The number of nitrogens with zero attached hydrogens (tertiary/aromatic N) is 3. The highest BCUT2D eigenvalue weighted by atomic mass is 32.1. The summed E-state index contributed by atoms with van der Waals surface area (Å²) < 4.78 is 0.996. The number of nitriles is 1. The first-order valence-electron chi connectivity index (χ1n) is 6.17. The molecule has 20 heavy (non-hydrogen) atoms. The van der Waals surface area contributed by atoms with Crippen LogP contribution in [0.1, 0.15) is 16.8 Å². The number of nitrogens with one attached hydrogen (secondary N) is 1. The predicted molar refractivity (Wildman–Crippen MR) is 81.3 cm³/mol. The van der Waals surface area contributed by atoms with Crippen molar-refractivity contribution < 1.29 is 0 Å². The standard InChI is InChI=1S/C15H12N4S/c1-9-5-10(2)17-14(6-9)19-15-18-12-4-3-11(8-16)7-13(12)20-15/h3-7H,1-2H3,(H,17,18,19). The Bertz CT molecular complexity index is 809. The van der Waals surface area contributed by atoms with Crippen molar-refractivity contribution in [2.75, 3.05) is 5.32 Å². The molecule has 0 saturated carbocycles. The van der Waals surface area contributed by atoms with Gasteiger partial charge in [0.25, 0.3) is 0 Å². The second kappa shape index (κ2) is 4.91. The Morgan fingerprint density at radius 3 is 2.75 bits per heavy atom. The molecule has 0 aliphatic heterocycles. The minimum absolute atomic E-state index is 0.650. The van der Waals surface area contributed by atoms with Crippen molar-refractivity contribution in [3.8, 4) is 6.07 Å². The summed E-state index contributed by atoms with van der Waals surface area (Å²) in [5.74, 6) is 0.794. The maximum absolute atomic E-state index is 8.91. The van der Waals surface area contributed by atoms with E-state index in [0.717, 1.165) is 32.4 Å². The van der Waals surface area contributed by atoms with E-state index in [4.69, 9.17) is 5.26 Å². The van der Waals surface area contributed by atoms with Gasteiger partial charge in [-0.05, 0) is 49.7 Å². The molecule has 0 aliphatic rings. The van der Waals surface area contributed by atoms with Crippen molar-refractivity contribution in [1.29, 1.82) is 5.26 Å². The lowest BCUT2D eigenvalue weighted by Crippen LogP contribution is -1.95. The van der Waals surface area contributed by atoms with Crippen LogP contribution in [-0.4, -0.2) is 9.97 Å². The zero-order valence-electron chi connectivity index (χ0n) is 11.1. The van der Waals surface area contributed by atoms with Crippen LogP contribution in [0.5, 0.6) is 0 Å².